The molecule has 194 valence electrons. The smallest absolute Gasteiger partial charge is 0.333 e. The Hall–Kier alpha value is -3.15. The van der Waals surface area contributed by atoms with Crippen molar-refractivity contribution in [2.75, 3.05) is 27.2 Å². The molecule has 1 saturated heterocycles. The van der Waals surface area contributed by atoms with Crippen molar-refractivity contribution in [1.29, 1.82) is 0 Å². The van der Waals surface area contributed by atoms with Gasteiger partial charge in [0.25, 0.3) is 0 Å². The molecule has 2 aliphatic carbocycles. The van der Waals surface area contributed by atoms with Gasteiger partial charge in [-0.15, -0.1) is 0 Å². The number of aliphatic hydroxyl groups is 2. The highest BCUT2D eigenvalue weighted by Gasteiger charge is 2.72. The van der Waals surface area contributed by atoms with Crippen LogP contribution < -0.4 is 14.8 Å². The summed E-state index contributed by atoms with van der Waals surface area (Å²) >= 11 is 0. The fraction of sp³-hybridized carbons (Fsp3) is 0.560. The predicted octanol–water partition coefficient (Wildman–Crippen LogP) is -0.142. The Morgan fingerprint density at radius 2 is 2.11 bits per heavy atom. The number of amides is 1. The SMILES string of the molecule is COc1ccc2c3c1O[C@@H]1C(OC(=O)CCNC(=O)C[C@H](O)C(=O)O)=CC[C@]4(O)[C@H](C2)N(C)CC[C@@]314. The first-order valence-corrected chi connectivity index (χ1v) is 12.0. The quantitative estimate of drug-likeness (QED) is 0.353. The van der Waals surface area contributed by atoms with E-state index in [1.54, 1.807) is 13.2 Å². The lowest BCUT2D eigenvalue weighted by atomic mass is 9.50. The molecule has 4 aliphatic rings. The van der Waals surface area contributed by atoms with Gasteiger partial charge >= 0.3 is 11.9 Å². The van der Waals surface area contributed by atoms with Crippen LogP contribution in [0.25, 0.3) is 0 Å². The van der Waals surface area contributed by atoms with Crippen molar-refractivity contribution >= 4 is 17.8 Å². The Kier molecular flexibility index (Phi) is 5.97. The van der Waals surface area contributed by atoms with E-state index in [4.69, 9.17) is 19.3 Å². The van der Waals surface area contributed by atoms with Crippen LogP contribution in [0.3, 0.4) is 0 Å². The van der Waals surface area contributed by atoms with Crippen molar-refractivity contribution in [3.05, 3.63) is 35.1 Å². The summed E-state index contributed by atoms with van der Waals surface area (Å²) in [5.41, 5.74) is 0.134. The van der Waals surface area contributed by atoms with Crippen molar-refractivity contribution in [1.82, 2.24) is 10.2 Å². The number of methoxy groups -OCH3 is 1. The molecule has 11 nitrogen and oxygen atoms in total. The number of carbonyl (C=O) groups is 3. The summed E-state index contributed by atoms with van der Waals surface area (Å²) in [6.07, 6.45) is 0.0268. The molecule has 5 rings (SSSR count). The van der Waals surface area contributed by atoms with E-state index in [1.165, 1.54) is 0 Å². The molecule has 0 aromatic heterocycles. The Bertz CT molecular complexity index is 1150. The summed E-state index contributed by atoms with van der Waals surface area (Å²) in [4.78, 5) is 37.3. The normalized spacial score (nSPS) is 30.4. The van der Waals surface area contributed by atoms with E-state index in [9.17, 15) is 24.6 Å². The van der Waals surface area contributed by atoms with E-state index in [1.807, 2.05) is 19.2 Å². The van der Waals surface area contributed by atoms with Crippen molar-refractivity contribution < 1.29 is 43.9 Å². The second-order valence-corrected chi connectivity index (χ2v) is 9.92. The van der Waals surface area contributed by atoms with Crippen LogP contribution in [-0.4, -0.2) is 89.2 Å². The Balaban J connectivity index is 1.36. The highest BCUT2D eigenvalue weighted by molar-refractivity contribution is 5.83. The summed E-state index contributed by atoms with van der Waals surface area (Å²) in [5, 5.41) is 32.5. The number of nitrogens with one attached hydrogen (secondary N) is 1. The first kappa shape index (κ1) is 24.5. The van der Waals surface area contributed by atoms with Gasteiger partial charge in [0.05, 0.1) is 31.0 Å². The summed E-state index contributed by atoms with van der Waals surface area (Å²) in [5.74, 6) is -1.32. The molecule has 2 bridgehead atoms. The number of aliphatic hydroxyl groups excluding tert-OH is 1. The number of carboxylic acid groups (broad SMARTS) is 1. The molecule has 1 aromatic carbocycles. The predicted molar refractivity (Wildman–Crippen MR) is 123 cm³/mol. The molecule has 0 saturated carbocycles. The minimum absolute atomic E-state index is 0.0804. The van der Waals surface area contributed by atoms with Gasteiger partial charge in [0, 0.05) is 24.6 Å². The van der Waals surface area contributed by atoms with Gasteiger partial charge in [-0.2, -0.15) is 0 Å². The molecule has 1 spiro atoms. The Morgan fingerprint density at radius 3 is 2.83 bits per heavy atom. The van der Waals surface area contributed by atoms with Crippen LogP contribution in [0.15, 0.2) is 24.0 Å². The van der Waals surface area contributed by atoms with E-state index < -0.39 is 47.5 Å². The first-order valence-electron chi connectivity index (χ1n) is 12.0. The highest BCUT2D eigenvalue weighted by Crippen LogP contribution is 2.65. The lowest BCUT2D eigenvalue weighted by molar-refractivity contribution is -0.169. The van der Waals surface area contributed by atoms with Gasteiger partial charge in [-0.1, -0.05) is 6.07 Å². The molecule has 2 aliphatic heterocycles. The van der Waals surface area contributed by atoms with Crippen molar-refractivity contribution in [3.8, 4) is 11.5 Å². The average Bonchev–Trinajstić information content (AvgIpc) is 3.18. The number of likely N-dealkylation sites (N-methyl/N-ethyl adjacent to an activating group) is 1. The third kappa shape index (κ3) is 3.48. The number of benzene rings is 1. The first-order chi connectivity index (χ1) is 17.1. The van der Waals surface area contributed by atoms with E-state index in [0.717, 1.165) is 17.7 Å². The molecule has 11 heteroatoms. The van der Waals surface area contributed by atoms with Gasteiger partial charge in [0.1, 0.15) is 5.76 Å². The number of hydrogen-bond acceptors (Lipinski definition) is 9. The number of nitrogens with zero attached hydrogens (tertiary/aromatic N) is 1. The third-order valence-corrected chi connectivity index (χ3v) is 8.10. The summed E-state index contributed by atoms with van der Waals surface area (Å²) in [6.45, 7) is 0.668. The van der Waals surface area contributed by atoms with Crippen LogP contribution in [0.4, 0.5) is 0 Å². The minimum Gasteiger partial charge on any atom is -0.493 e. The molecule has 1 fully saturated rings. The zero-order valence-electron chi connectivity index (χ0n) is 20.2. The van der Waals surface area contributed by atoms with Gasteiger partial charge in [-0.25, -0.2) is 4.79 Å². The third-order valence-electron chi connectivity index (χ3n) is 8.10. The van der Waals surface area contributed by atoms with E-state index in [0.29, 0.717) is 36.5 Å². The van der Waals surface area contributed by atoms with Crippen LogP contribution >= 0.6 is 0 Å². The summed E-state index contributed by atoms with van der Waals surface area (Å²) in [7, 11) is 3.58. The minimum atomic E-state index is -1.81. The number of aliphatic carboxylic acids is 1. The van der Waals surface area contributed by atoms with E-state index in [-0.39, 0.29) is 19.0 Å². The lowest BCUT2D eigenvalue weighted by Gasteiger charge is -2.61. The largest absolute Gasteiger partial charge is 0.493 e. The standard InChI is InChI=1S/C25H30N2O9/c1-27-10-8-24-20-13-3-4-15(34-2)21(20)36-22(24)16(5-7-25(24,33)17(27)11-13)35-19(30)6-9-26-18(29)12-14(28)23(31)32/h3-5,14,17,22,28,33H,6-12H2,1-2H3,(H,26,29)(H,31,32)/t14-,17-,22+,24+,25-/m0/s1. The maximum atomic E-state index is 12.7. The molecule has 5 atom stereocenters. The number of carboxylic acids is 1. The van der Waals surface area contributed by atoms with Gasteiger partial charge < -0.3 is 39.7 Å². The number of ether oxygens (including phenoxy) is 3. The van der Waals surface area contributed by atoms with Crippen LogP contribution in [0.5, 0.6) is 11.5 Å². The van der Waals surface area contributed by atoms with Crippen LogP contribution in [0.2, 0.25) is 0 Å². The number of carbonyl (C=O) groups excluding carboxylic acids is 2. The summed E-state index contributed by atoms with van der Waals surface area (Å²) in [6, 6.07) is 3.76. The molecule has 0 unspecified atom stereocenters. The van der Waals surface area contributed by atoms with Crippen molar-refractivity contribution in [3.63, 3.8) is 0 Å². The number of hydrogen-bond donors (Lipinski definition) is 4. The zero-order chi connectivity index (χ0) is 25.8. The second kappa shape index (κ2) is 8.75. The fourth-order valence-electron chi connectivity index (χ4n) is 6.41. The number of piperidine rings is 1. The average molecular weight is 503 g/mol. The fourth-order valence-corrected chi connectivity index (χ4v) is 6.41. The molecule has 36 heavy (non-hydrogen) atoms. The Morgan fingerprint density at radius 1 is 1.33 bits per heavy atom. The molecular weight excluding hydrogens is 472 g/mol. The topological polar surface area (TPSA) is 155 Å². The van der Waals surface area contributed by atoms with Gasteiger partial charge in [0.2, 0.25) is 5.91 Å². The molecular formula is C25H30N2O9. The molecule has 1 aromatic rings. The molecule has 0 radical (unpaired) electrons. The number of esters is 1. The Labute approximate surface area is 207 Å². The van der Waals surface area contributed by atoms with Crippen molar-refractivity contribution in [2.45, 2.75) is 61.4 Å². The molecule has 2 heterocycles. The van der Waals surface area contributed by atoms with E-state index >= 15 is 0 Å². The van der Waals surface area contributed by atoms with E-state index in [2.05, 4.69) is 10.2 Å². The van der Waals surface area contributed by atoms with Gasteiger partial charge in [-0.3, -0.25) is 9.59 Å². The van der Waals surface area contributed by atoms with Crippen LogP contribution in [-0.2, 0) is 31.0 Å². The van der Waals surface area contributed by atoms with Crippen molar-refractivity contribution in [2.24, 2.45) is 0 Å². The number of rotatable bonds is 8. The lowest BCUT2D eigenvalue weighted by Crippen LogP contribution is -2.74. The second-order valence-electron chi connectivity index (χ2n) is 9.92. The molecule has 1 amide bonds. The maximum Gasteiger partial charge on any atom is 0.333 e. The highest BCUT2D eigenvalue weighted by atomic mass is 16.6. The van der Waals surface area contributed by atoms with Gasteiger partial charge in [-0.05, 0) is 44.1 Å². The zero-order valence-corrected chi connectivity index (χ0v) is 20.2. The van der Waals surface area contributed by atoms with Gasteiger partial charge in [0.15, 0.2) is 23.7 Å². The number of likely N-dealkylation sites (tertiary alicyclic amines) is 1. The summed E-state index contributed by atoms with van der Waals surface area (Å²) < 4.78 is 17.7. The van der Waals surface area contributed by atoms with Crippen LogP contribution in [0.1, 0.15) is 36.8 Å². The maximum absolute atomic E-state index is 12.7. The monoisotopic (exact) mass is 502 g/mol. The van der Waals surface area contributed by atoms with Crippen LogP contribution in [0, 0.1) is 0 Å². The molecule has 4 N–H and O–H groups in total.